The Balaban J connectivity index is 2.00. The third-order valence-corrected chi connectivity index (χ3v) is 4.19. The molecule has 1 heterocycles. The van der Waals surface area contributed by atoms with Gasteiger partial charge in [0.2, 0.25) is 0 Å². The molecule has 7 heteroatoms. The van der Waals surface area contributed by atoms with Crippen LogP contribution >= 0.6 is 0 Å². The summed E-state index contributed by atoms with van der Waals surface area (Å²) >= 11 is 0. The lowest BCUT2D eigenvalue weighted by Crippen LogP contribution is -2.52. The van der Waals surface area contributed by atoms with Crippen molar-refractivity contribution in [3.05, 3.63) is 30.3 Å². The van der Waals surface area contributed by atoms with Crippen molar-refractivity contribution < 1.29 is 17.9 Å². The Kier molecular flexibility index (Phi) is 4.18. The Morgan fingerprint density at radius 3 is 2.67 bits per heavy atom. The number of para-hydroxylation sites is 1. The van der Waals surface area contributed by atoms with E-state index < -0.39 is 21.7 Å². The van der Waals surface area contributed by atoms with E-state index in [2.05, 4.69) is 10.0 Å². The summed E-state index contributed by atoms with van der Waals surface area (Å²) in [6, 6.07) is 8.74. The van der Waals surface area contributed by atoms with E-state index in [4.69, 9.17) is 9.47 Å². The second-order valence-corrected chi connectivity index (χ2v) is 5.77. The van der Waals surface area contributed by atoms with Crippen LogP contribution in [0.15, 0.2) is 30.3 Å². The van der Waals surface area contributed by atoms with Crippen molar-refractivity contribution in [2.75, 3.05) is 25.0 Å². The summed E-state index contributed by atoms with van der Waals surface area (Å²) in [6.07, 6.45) is -0.395. The lowest BCUT2D eigenvalue weighted by atomic mass is 10.3. The Hall–Kier alpha value is -1.15. The maximum Gasteiger partial charge on any atom is 0.251 e. The highest BCUT2D eigenvalue weighted by Gasteiger charge is 2.31. The van der Waals surface area contributed by atoms with Crippen LogP contribution in [0.5, 0.6) is 0 Å². The van der Waals surface area contributed by atoms with Gasteiger partial charge in [0.05, 0.1) is 6.61 Å². The molecule has 1 aliphatic rings. The number of hydrogen-bond donors (Lipinski definition) is 2. The van der Waals surface area contributed by atoms with Crippen molar-refractivity contribution in [1.82, 2.24) is 5.32 Å². The molecule has 1 aliphatic heterocycles. The molecule has 1 saturated heterocycles. The Morgan fingerprint density at radius 2 is 2.11 bits per heavy atom. The first-order valence-electron chi connectivity index (χ1n) is 5.56. The minimum absolute atomic E-state index is 0.0562. The maximum atomic E-state index is 12.1. The van der Waals surface area contributed by atoms with Crippen LogP contribution in [0.3, 0.4) is 0 Å². The first kappa shape index (κ1) is 13.3. The molecule has 1 fully saturated rings. The van der Waals surface area contributed by atoms with Gasteiger partial charge in [0.15, 0.2) is 11.7 Å². The van der Waals surface area contributed by atoms with Crippen molar-refractivity contribution in [3.8, 4) is 0 Å². The molecule has 0 aromatic heterocycles. The summed E-state index contributed by atoms with van der Waals surface area (Å²) in [5.74, 6) is 0. The lowest BCUT2D eigenvalue weighted by Gasteiger charge is -2.29. The van der Waals surface area contributed by atoms with Gasteiger partial charge in [0.1, 0.15) is 0 Å². The summed E-state index contributed by atoms with van der Waals surface area (Å²) in [5, 5.41) is 2.11. The standard InChI is InChI=1S/C11H16N2O4S/c1-16-11-7-12-10(8-17-11)18(14,15)13-9-5-3-2-4-6-9/h2-6,10-13H,7-8H2,1H3. The van der Waals surface area contributed by atoms with Gasteiger partial charge in [-0.2, -0.15) is 0 Å². The molecule has 2 unspecified atom stereocenters. The second-order valence-electron chi connectivity index (χ2n) is 3.91. The molecule has 6 nitrogen and oxygen atoms in total. The van der Waals surface area contributed by atoms with E-state index in [0.717, 1.165) is 0 Å². The highest BCUT2D eigenvalue weighted by atomic mass is 32.2. The van der Waals surface area contributed by atoms with Crippen molar-refractivity contribution in [2.45, 2.75) is 11.7 Å². The van der Waals surface area contributed by atoms with Crippen molar-refractivity contribution >= 4 is 15.7 Å². The molecular weight excluding hydrogens is 256 g/mol. The fourth-order valence-corrected chi connectivity index (χ4v) is 2.81. The van der Waals surface area contributed by atoms with E-state index in [1.54, 1.807) is 24.3 Å². The van der Waals surface area contributed by atoms with E-state index in [-0.39, 0.29) is 6.61 Å². The van der Waals surface area contributed by atoms with Crippen LogP contribution in [0.25, 0.3) is 0 Å². The fraction of sp³-hybridized carbons (Fsp3) is 0.455. The number of sulfonamides is 1. The molecule has 2 atom stereocenters. The van der Waals surface area contributed by atoms with Gasteiger partial charge in [0.25, 0.3) is 10.0 Å². The lowest BCUT2D eigenvalue weighted by molar-refractivity contribution is -0.139. The number of morpholine rings is 1. The number of ether oxygens (including phenoxy) is 2. The van der Waals surface area contributed by atoms with E-state index >= 15 is 0 Å². The van der Waals surface area contributed by atoms with Gasteiger partial charge in [-0.25, -0.2) is 8.42 Å². The molecule has 0 bridgehead atoms. The Labute approximate surface area is 106 Å². The summed E-state index contributed by atoms with van der Waals surface area (Å²) in [6.45, 7) is 0.400. The third-order valence-electron chi connectivity index (χ3n) is 2.62. The average molecular weight is 272 g/mol. The van der Waals surface area contributed by atoms with Gasteiger partial charge >= 0.3 is 0 Å². The molecule has 1 aromatic carbocycles. The van der Waals surface area contributed by atoms with Crippen molar-refractivity contribution in [1.29, 1.82) is 0 Å². The van der Waals surface area contributed by atoms with Crippen molar-refractivity contribution in [2.24, 2.45) is 0 Å². The monoisotopic (exact) mass is 272 g/mol. The van der Waals surface area contributed by atoms with Crippen LogP contribution in [0, 0.1) is 0 Å². The predicted octanol–water partition coefficient (Wildman–Crippen LogP) is 0.347. The summed E-state index contributed by atoms with van der Waals surface area (Å²) in [4.78, 5) is 0. The smallest absolute Gasteiger partial charge is 0.251 e. The Bertz CT molecular complexity index is 469. The molecule has 2 N–H and O–H groups in total. The van der Waals surface area contributed by atoms with E-state index in [0.29, 0.717) is 12.2 Å². The van der Waals surface area contributed by atoms with Crippen LogP contribution in [-0.2, 0) is 19.5 Å². The minimum atomic E-state index is -3.51. The zero-order valence-electron chi connectivity index (χ0n) is 10.00. The summed E-state index contributed by atoms with van der Waals surface area (Å²) < 4.78 is 36.9. The quantitative estimate of drug-likeness (QED) is 0.827. The van der Waals surface area contributed by atoms with Gasteiger partial charge in [-0.1, -0.05) is 18.2 Å². The minimum Gasteiger partial charge on any atom is -0.355 e. The van der Waals surface area contributed by atoms with Crippen LogP contribution in [0.4, 0.5) is 5.69 Å². The fourth-order valence-electron chi connectivity index (χ4n) is 1.63. The summed E-state index contributed by atoms with van der Waals surface area (Å²) in [5.41, 5.74) is 0.535. The molecule has 0 aliphatic carbocycles. The number of anilines is 1. The predicted molar refractivity (Wildman–Crippen MR) is 67.5 cm³/mol. The van der Waals surface area contributed by atoms with Gasteiger partial charge in [-0.15, -0.1) is 0 Å². The second kappa shape index (κ2) is 5.66. The van der Waals surface area contributed by atoms with Crippen LogP contribution in [0.2, 0.25) is 0 Å². The highest BCUT2D eigenvalue weighted by Crippen LogP contribution is 2.13. The average Bonchev–Trinajstić information content (AvgIpc) is 2.39. The zero-order valence-corrected chi connectivity index (χ0v) is 10.8. The number of rotatable bonds is 4. The van der Waals surface area contributed by atoms with Gasteiger partial charge < -0.3 is 9.47 Å². The molecule has 18 heavy (non-hydrogen) atoms. The van der Waals surface area contributed by atoms with Crippen LogP contribution in [-0.4, -0.2) is 40.3 Å². The molecule has 0 radical (unpaired) electrons. The SMILES string of the molecule is COC1CNC(S(=O)(=O)Nc2ccccc2)CO1. The van der Waals surface area contributed by atoms with Gasteiger partial charge in [0, 0.05) is 19.3 Å². The van der Waals surface area contributed by atoms with Gasteiger partial charge in [-0.3, -0.25) is 10.0 Å². The van der Waals surface area contributed by atoms with E-state index in [1.165, 1.54) is 7.11 Å². The largest absolute Gasteiger partial charge is 0.355 e. The molecule has 0 saturated carbocycles. The highest BCUT2D eigenvalue weighted by molar-refractivity contribution is 7.93. The van der Waals surface area contributed by atoms with Crippen LogP contribution < -0.4 is 10.0 Å². The molecular formula is C11H16N2O4S. The summed E-state index contributed by atoms with van der Waals surface area (Å²) in [7, 11) is -1.99. The van der Waals surface area contributed by atoms with Crippen LogP contribution in [0.1, 0.15) is 0 Å². The topological polar surface area (TPSA) is 76.7 Å². The maximum absolute atomic E-state index is 12.1. The zero-order chi connectivity index (χ0) is 13.0. The Morgan fingerprint density at radius 1 is 1.39 bits per heavy atom. The molecule has 1 aromatic rings. The number of benzene rings is 1. The number of hydrogen-bond acceptors (Lipinski definition) is 5. The number of nitrogens with one attached hydrogen (secondary N) is 2. The van der Waals surface area contributed by atoms with E-state index in [9.17, 15) is 8.42 Å². The molecule has 2 rings (SSSR count). The normalized spacial score (nSPS) is 24.7. The number of methoxy groups -OCH3 is 1. The first-order valence-corrected chi connectivity index (χ1v) is 7.11. The molecule has 0 amide bonds. The first-order chi connectivity index (χ1) is 8.62. The third kappa shape index (κ3) is 3.20. The molecule has 0 spiro atoms. The van der Waals surface area contributed by atoms with Crippen molar-refractivity contribution in [3.63, 3.8) is 0 Å². The molecule has 100 valence electrons. The van der Waals surface area contributed by atoms with Gasteiger partial charge in [-0.05, 0) is 12.1 Å². The van der Waals surface area contributed by atoms with E-state index in [1.807, 2.05) is 6.07 Å².